The quantitative estimate of drug-likeness (QED) is 0.498. The lowest BCUT2D eigenvalue weighted by Crippen LogP contribution is -2.31. The Hall–Kier alpha value is -2.61. The number of carbonyl (C=O) groups excluding carboxylic acids is 1. The lowest BCUT2D eigenvalue weighted by molar-refractivity contribution is -0.121. The van der Waals surface area contributed by atoms with E-state index in [-0.39, 0.29) is 17.5 Å². The lowest BCUT2D eigenvalue weighted by atomic mass is 10.1. The molecule has 1 aliphatic heterocycles. The van der Waals surface area contributed by atoms with Gasteiger partial charge in [0.05, 0.1) is 17.9 Å². The van der Waals surface area contributed by atoms with Crippen LogP contribution in [0, 0.1) is 13.8 Å². The molecule has 7 nitrogen and oxygen atoms in total. The van der Waals surface area contributed by atoms with Gasteiger partial charge < -0.3 is 5.32 Å². The molecule has 0 aliphatic carbocycles. The summed E-state index contributed by atoms with van der Waals surface area (Å²) >= 11 is 1.52. The van der Waals surface area contributed by atoms with Crippen LogP contribution in [-0.2, 0) is 4.79 Å². The average Bonchev–Trinajstić information content (AvgIpc) is 3.29. The van der Waals surface area contributed by atoms with Gasteiger partial charge in [-0.2, -0.15) is 5.10 Å². The number of nitrogens with one attached hydrogen (secondary N) is 1. The third-order valence-corrected chi connectivity index (χ3v) is 6.48. The van der Waals surface area contributed by atoms with Gasteiger partial charge in [0, 0.05) is 18.7 Å². The molecule has 3 heterocycles. The first-order valence-electron chi connectivity index (χ1n) is 9.97. The van der Waals surface area contributed by atoms with Crippen LogP contribution in [0.1, 0.15) is 43.4 Å². The molecule has 0 bridgehead atoms. The SMILES string of the molecule is CCCCNC(=O)CC1CSc2nc3c(cnn3-c3ccc(C)c(C)c3)c(=O)n21. The van der Waals surface area contributed by atoms with Crippen LogP contribution in [0.5, 0.6) is 0 Å². The molecule has 1 N–H and O–H groups in total. The van der Waals surface area contributed by atoms with Gasteiger partial charge in [-0.05, 0) is 43.5 Å². The van der Waals surface area contributed by atoms with Crippen LogP contribution in [0.2, 0.25) is 0 Å². The summed E-state index contributed by atoms with van der Waals surface area (Å²) in [6, 6.07) is 5.90. The molecule has 2 aromatic heterocycles. The molecule has 152 valence electrons. The third kappa shape index (κ3) is 3.69. The Kier molecular flexibility index (Phi) is 5.45. The minimum absolute atomic E-state index is 0.0188. The number of benzene rings is 1. The molecule has 1 unspecified atom stereocenters. The molecule has 0 saturated carbocycles. The molecule has 0 saturated heterocycles. The highest BCUT2D eigenvalue weighted by atomic mass is 32.2. The van der Waals surface area contributed by atoms with Crippen LogP contribution < -0.4 is 10.9 Å². The Morgan fingerprint density at radius 3 is 2.90 bits per heavy atom. The van der Waals surface area contributed by atoms with Crippen LogP contribution in [0.3, 0.4) is 0 Å². The fraction of sp³-hybridized carbons (Fsp3) is 0.429. The first-order valence-corrected chi connectivity index (χ1v) is 11.0. The first-order chi connectivity index (χ1) is 14.0. The molecular formula is C21H25N5O2S. The van der Waals surface area contributed by atoms with Crippen LogP contribution in [0.25, 0.3) is 16.7 Å². The number of hydrogen-bond acceptors (Lipinski definition) is 5. The summed E-state index contributed by atoms with van der Waals surface area (Å²) in [6.07, 6.45) is 3.87. The Morgan fingerprint density at radius 1 is 1.31 bits per heavy atom. The Morgan fingerprint density at radius 2 is 2.14 bits per heavy atom. The predicted molar refractivity (Wildman–Crippen MR) is 115 cm³/mol. The molecule has 1 aliphatic rings. The van der Waals surface area contributed by atoms with Crippen LogP contribution in [0.15, 0.2) is 34.3 Å². The summed E-state index contributed by atoms with van der Waals surface area (Å²) in [5.41, 5.74) is 3.68. The minimum atomic E-state index is -0.175. The van der Waals surface area contributed by atoms with Crippen molar-refractivity contribution in [2.24, 2.45) is 0 Å². The van der Waals surface area contributed by atoms with Crippen molar-refractivity contribution in [3.63, 3.8) is 0 Å². The summed E-state index contributed by atoms with van der Waals surface area (Å²) < 4.78 is 3.38. The van der Waals surface area contributed by atoms with Crippen molar-refractivity contribution in [2.45, 2.75) is 51.2 Å². The van der Waals surface area contributed by atoms with Gasteiger partial charge in [-0.3, -0.25) is 14.2 Å². The van der Waals surface area contributed by atoms with Gasteiger partial charge in [-0.1, -0.05) is 31.2 Å². The largest absolute Gasteiger partial charge is 0.356 e. The van der Waals surface area contributed by atoms with Crippen molar-refractivity contribution in [1.82, 2.24) is 24.6 Å². The number of hydrogen-bond donors (Lipinski definition) is 1. The average molecular weight is 412 g/mol. The highest BCUT2D eigenvalue weighted by molar-refractivity contribution is 7.99. The Labute approximate surface area is 173 Å². The van der Waals surface area contributed by atoms with E-state index in [4.69, 9.17) is 4.98 Å². The molecule has 8 heteroatoms. The summed E-state index contributed by atoms with van der Waals surface area (Å²) in [5.74, 6) is 0.655. The lowest BCUT2D eigenvalue weighted by Gasteiger charge is -2.13. The molecule has 3 aromatic rings. The van der Waals surface area contributed by atoms with E-state index in [9.17, 15) is 9.59 Å². The predicted octanol–water partition coefficient (Wildman–Crippen LogP) is 3.15. The van der Waals surface area contributed by atoms with Gasteiger partial charge in [-0.15, -0.1) is 0 Å². The van der Waals surface area contributed by atoms with Crippen LogP contribution >= 0.6 is 11.8 Å². The molecule has 4 rings (SSSR count). The molecule has 0 spiro atoms. The van der Waals surface area contributed by atoms with E-state index < -0.39 is 0 Å². The van der Waals surface area contributed by atoms with Crippen molar-refractivity contribution in [3.05, 3.63) is 45.9 Å². The Bertz CT molecular complexity index is 1130. The second-order valence-electron chi connectivity index (χ2n) is 7.50. The van der Waals surface area contributed by atoms with Crippen molar-refractivity contribution >= 4 is 28.7 Å². The van der Waals surface area contributed by atoms with Crippen LogP contribution in [0.4, 0.5) is 0 Å². The second-order valence-corrected chi connectivity index (χ2v) is 8.49. The number of rotatable bonds is 6. The van der Waals surface area contributed by atoms with E-state index in [0.29, 0.717) is 34.9 Å². The molecule has 0 radical (unpaired) electrons. The van der Waals surface area contributed by atoms with Gasteiger partial charge in [0.2, 0.25) is 5.91 Å². The van der Waals surface area contributed by atoms with Gasteiger partial charge in [-0.25, -0.2) is 9.67 Å². The zero-order valence-corrected chi connectivity index (χ0v) is 17.8. The van der Waals surface area contributed by atoms with Gasteiger partial charge in [0.1, 0.15) is 5.39 Å². The van der Waals surface area contributed by atoms with Gasteiger partial charge in [0.25, 0.3) is 5.56 Å². The number of carbonyl (C=O) groups is 1. The van der Waals surface area contributed by atoms with E-state index in [1.807, 2.05) is 18.2 Å². The van der Waals surface area contributed by atoms with Crippen LogP contribution in [-0.4, -0.2) is 37.5 Å². The normalized spacial score (nSPS) is 15.6. The number of nitrogens with zero attached hydrogens (tertiary/aromatic N) is 4. The summed E-state index contributed by atoms with van der Waals surface area (Å²) in [6.45, 7) is 6.88. The maximum absolute atomic E-state index is 13.2. The molecule has 29 heavy (non-hydrogen) atoms. The molecule has 1 aromatic carbocycles. The number of aryl methyl sites for hydroxylation is 2. The number of unbranched alkanes of at least 4 members (excludes halogenated alkanes) is 1. The number of amides is 1. The van der Waals surface area contributed by atoms with Crippen molar-refractivity contribution in [1.29, 1.82) is 0 Å². The van der Waals surface area contributed by atoms with Crippen molar-refractivity contribution < 1.29 is 4.79 Å². The van der Waals surface area contributed by atoms with E-state index in [2.05, 4.69) is 31.2 Å². The van der Waals surface area contributed by atoms with E-state index in [1.165, 1.54) is 17.3 Å². The van der Waals surface area contributed by atoms with Crippen molar-refractivity contribution in [2.75, 3.05) is 12.3 Å². The minimum Gasteiger partial charge on any atom is -0.356 e. The van der Waals surface area contributed by atoms with Gasteiger partial charge >= 0.3 is 0 Å². The Balaban J connectivity index is 1.67. The molecule has 0 fully saturated rings. The fourth-order valence-electron chi connectivity index (χ4n) is 3.52. The first kappa shape index (κ1) is 19.7. The fourth-order valence-corrected chi connectivity index (χ4v) is 4.65. The smallest absolute Gasteiger partial charge is 0.265 e. The maximum Gasteiger partial charge on any atom is 0.265 e. The zero-order valence-electron chi connectivity index (χ0n) is 16.9. The van der Waals surface area contributed by atoms with Crippen molar-refractivity contribution in [3.8, 4) is 5.69 Å². The topological polar surface area (TPSA) is 81.8 Å². The second kappa shape index (κ2) is 8.02. The number of thioether (sulfide) groups is 1. The van der Waals surface area contributed by atoms with E-state index >= 15 is 0 Å². The molecule has 1 amide bonds. The highest BCUT2D eigenvalue weighted by Crippen LogP contribution is 2.33. The van der Waals surface area contributed by atoms with E-state index in [0.717, 1.165) is 24.1 Å². The van der Waals surface area contributed by atoms with E-state index in [1.54, 1.807) is 15.4 Å². The number of aromatic nitrogens is 4. The highest BCUT2D eigenvalue weighted by Gasteiger charge is 2.29. The standard InChI is InChI=1S/C21H25N5O2S/c1-4-5-8-22-18(27)10-16-12-29-21-24-19-17(20(28)25(16)21)11-23-26(19)15-7-6-13(2)14(3)9-15/h6-7,9,11,16H,4-5,8,10,12H2,1-3H3,(H,22,27). The maximum atomic E-state index is 13.2. The number of fused-ring (bicyclic) bond motifs is 2. The summed E-state index contributed by atoms with van der Waals surface area (Å²) in [7, 11) is 0. The zero-order chi connectivity index (χ0) is 20.5. The van der Waals surface area contributed by atoms with Gasteiger partial charge in [0.15, 0.2) is 10.8 Å². The molecule has 1 atom stereocenters. The molecular weight excluding hydrogens is 386 g/mol. The summed E-state index contributed by atoms with van der Waals surface area (Å²) in [4.78, 5) is 30.1. The summed E-state index contributed by atoms with van der Waals surface area (Å²) in [5, 5.41) is 8.49. The third-order valence-electron chi connectivity index (χ3n) is 5.38. The monoisotopic (exact) mass is 411 g/mol.